The van der Waals surface area contributed by atoms with Gasteiger partial charge >= 0.3 is 5.69 Å². The number of hydrogen-bond acceptors (Lipinski definition) is 6. The summed E-state index contributed by atoms with van der Waals surface area (Å²) in [5.41, 5.74) is -0.377. The quantitative estimate of drug-likeness (QED) is 0.861. The number of nitrogens with one attached hydrogen (secondary N) is 1. The third-order valence-electron chi connectivity index (χ3n) is 2.73. The molecule has 0 fully saturated rings. The minimum Gasteiger partial charge on any atom is -0.348 e. The van der Waals surface area contributed by atoms with E-state index in [-0.39, 0.29) is 23.6 Å². The first-order chi connectivity index (χ1) is 9.77. The standard InChI is InChI=1S/C12H18N6O2S/c1-12(2,3)10-16-15-9(21-10)5-13-8(19)6-18-11(20)17(4)7-14-18/h7H,5-6H2,1-4H3,(H,13,19). The predicted molar refractivity (Wildman–Crippen MR) is 77.9 cm³/mol. The summed E-state index contributed by atoms with van der Waals surface area (Å²) in [6.45, 7) is 6.37. The topological polar surface area (TPSA) is 94.7 Å². The van der Waals surface area contributed by atoms with Crippen molar-refractivity contribution in [1.82, 2.24) is 29.9 Å². The van der Waals surface area contributed by atoms with Crippen LogP contribution < -0.4 is 11.0 Å². The number of nitrogens with zero attached hydrogens (tertiary/aromatic N) is 5. The summed E-state index contributed by atoms with van der Waals surface area (Å²) < 4.78 is 2.42. The third-order valence-corrected chi connectivity index (χ3v) is 4.07. The molecule has 2 rings (SSSR count). The molecule has 0 saturated carbocycles. The van der Waals surface area contributed by atoms with Gasteiger partial charge in [-0.05, 0) is 0 Å². The average molecular weight is 310 g/mol. The Morgan fingerprint density at radius 2 is 2.10 bits per heavy atom. The maximum absolute atomic E-state index is 11.8. The van der Waals surface area contributed by atoms with Crippen LogP contribution in [0.3, 0.4) is 0 Å². The molecule has 114 valence electrons. The van der Waals surface area contributed by atoms with E-state index in [0.717, 1.165) is 14.7 Å². The predicted octanol–water partition coefficient (Wildman–Crippen LogP) is 0.0472. The molecule has 0 unspecified atom stereocenters. The van der Waals surface area contributed by atoms with Gasteiger partial charge in [0.15, 0.2) is 0 Å². The zero-order valence-electron chi connectivity index (χ0n) is 12.5. The highest BCUT2D eigenvalue weighted by molar-refractivity contribution is 7.11. The highest BCUT2D eigenvalue weighted by atomic mass is 32.1. The Kier molecular flexibility index (Phi) is 4.21. The summed E-state index contributed by atoms with van der Waals surface area (Å²) in [7, 11) is 1.58. The van der Waals surface area contributed by atoms with E-state index in [1.165, 1.54) is 22.2 Å². The molecule has 0 atom stereocenters. The fourth-order valence-electron chi connectivity index (χ4n) is 1.52. The summed E-state index contributed by atoms with van der Waals surface area (Å²) >= 11 is 1.47. The Morgan fingerprint density at radius 3 is 2.62 bits per heavy atom. The van der Waals surface area contributed by atoms with Crippen molar-refractivity contribution in [2.45, 2.75) is 39.3 Å². The van der Waals surface area contributed by atoms with E-state index in [1.807, 2.05) is 0 Å². The monoisotopic (exact) mass is 310 g/mol. The van der Waals surface area contributed by atoms with Gasteiger partial charge in [-0.25, -0.2) is 9.48 Å². The maximum Gasteiger partial charge on any atom is 0.345 e. The molecule has 2 heterocycles. The maximum atomic E-state index is 11.8. The van der Waals surface area contributed by atoms with E-state index in [9.17, 15) is 9.59 Å². The summed E-state index contributed by atoms with van der Waals surface area (Å²) in [6.07, 6.45) is 1.37. The van der Waals surface area contributed by atoms with Crippen molar-refractivity contribution in [3.05, 3.63) is 26.8 Å². The van der Waals surface area contributed by atoms with Crippen LogP contribution in [0.25, 0.3) is 0 Å². The van der Waals surface area contributed by atoms with Gasteiger partial charge < -0.3 is 5.32 Å². The van der Waals surface area contributed by atoms with Gasteiger partial charge in [-0.15, -0.1) is 10.2 Å². The van der Waals surface area contributed by atoms with Crippen LogP contribution in [-0.2, 0) is 30.3 Å². The van der Waals surface area contributed by atoms with Crippen molar-refractivity contribution in [3.8, 4) is 0 Å². The van der Waals surface area contributed by atoms with Crippen molar-refractivity contribution in [2.24, 2.45) is 7.05 Å². The highest BCUT2D eigenvalue weighted by Crippen LogP contribution is 2.25. The molecular formula is C12H18N6O2S. The number of hydrogen-bond donors (Lipinski definition) is 1. The largest absolute Gasteiger partial charge is 0.348 e. The van der Waals surface area contributed by atoms with Crippen molar-refractivity contribution >= 4 is 17.2 Å². The Labute approximate surface area is 125 Å². The Balaban J connectivity index is 1.91. The Morgan fingerprint density at radius 1 is 1.38 bits per heavy atom. The lowest BCUT2D eigenvalue weighted by atomic mass is 9.98. The van der Waals surface area contributed by atoms with Gasteiger partial charge in [-0.1, -0.05) is 32.1 Å². The Hall–Kier alpha value is -2.03. The van der Waals surface area contributed by atoms with Crippen LogP contribution in [0, 0.1) is 0 Å². The number of carbonyl (C=O) groups is 1. The molecule has 0 aliphatic heterocycles. The SMILES string of the molecule is Cn1cnn(CC(=O)NCc2nnc(C(C)(C)C)s2)c1=O. The van der Waals surface area contributed by atoms with Crippen molar-refractivity contribution in [3.63, 3.8) is 0 Å². The lowest BCUT2D eigenvalue weighted by Gasteiger charge is -2.12. The number of rotatable bonds is 4. The van der Waals surface area contributed by atoms with E-state index in [2.05, 4.69) is 41.4 Å². The van der Waals surface area contributed by atoms with Gasteiger partial charge in [-0.2, -0.15) is 5.10 Å². The van der Waals surface area contributed by atoms with E-state index in [1.54, 1.807) is 7.05 Å². The minimum atomic E-state index is -0.323. The van der Waals surface area contributed by atoms with E-state index < -0.39 is 0 Å². The van der Waals surface area contributed by atoms with Gasteiger partial charge in [0.2, 0.25) is 5.91 Å². The van der Waals surface area contributed by atoms with Crippen LogP contribution in [0.2, 0.25) is 0 Å². The van der Waals surface area contributed by atoms with Crippen LogP contribution in [0.1, 0.15) is 30.8 Å². The number of aromatic nitrogens is 5. The van der Waals surface area contributed by atoms with E-state index in [4.69, 9.17) is 0 Å². The average Bonchev–Trinajstić information content (AvgIpc) is 2.98. The van der Waals surface area contributed by atoms with Crippen LogP contribution in [0.4, 0.5) is 0 Å². The molecule has 0 aliphatic rings. The highest BCUT2D eigenvalue weighted by Gasteiger charge is 2.19. The first kappa shape index (κ1) is 15.4. The molecule has 2 aromatic rings. The Bertz CT molecular complexity index is 693. The molecule has 0 aromatic carbocycles. The number of aryl methyl sites for hydroxylation is 1. The smallest absolute Gasteiger partial charge is 0.345 e. The first-order valence-electron chi connectivity index (χ1n) is 6.45. The zero-order valence-corrected chi connectivity index (χ0v) is 13.3. The van der Waals surface area contributed by atoms with Crippen molar-refractivity contribution in [2.75, 3.05) is 0 Å². The molecule has 8 nitrogen and oxygen atoms in total. The van der Waals surface area contributed by atoms with E-state index in [0.29, 0.717) is 6.54 Å². The second-order valence-corrected chi connectivity index (χ2v) is 6.77. The molecule has 1 amide bonds. The molecule has 0 saturated heterocycles. The third kappa shape index (κ3) is 3.75. The van der Waals surface area contributed by atoms with Crippen LogP contribution in [0.5, 0.6) is 0 Å². The molecule has 21 heavy (non-hydrogen) atoms. The van der Waals surface area contributed by atoms with Crippen molar-refractivity contribution in [1.29, 1.82) is 0 Å². The van der Waals surface area contributed by atoms with Gasteiger partial charge in [0.05, 0.1) is 6.54 Å². The molecule has 2 aromatic heterocycles. The molecule has 9 heteroatoms. The second kappa shape index (κ2) is 5.76. The lowest BCUT2D eigenvalue weighted by molar-refractivity contribution is -0.122. The summed E-state index contributed by atoms with van der Waals surface area (Å²) in [5, 5.41) is 16.4. The summed E-state index contributed by atoms with van der Waals surface area (Å²) in [6, 6.07) is 0. The van der Waals surface area contributed by atoms with Gasteiger partial charge in [0, 0.05) is 12.5 Å². The van der Waals surface area contributed by atoms with Crippen LogP contribution >= 0.6 is 11.3 Å². The fraction of sp³-hybridized carbons (Fsp3) is 0.583. The van der Waals surface area contributed by atoms with Gasteiger partial charge in [-0.3, -0.25) is 9.36 Å². The second-order valence-electron chi connectivity index (χ2n) is 5.71. The zero-order chi connectivity index (χ0) is 15.6. The van der Waals surface area contributed by atoms with Crippen LogP contribution in [0.15, 0.2) is 11.1 Å². The lowest BCUT2D eigenvalue weighted by Crippen LogP contribution is -2.33. The normalized spacial score (nSPS) is 11.6. The van der Waals surface area contributed by atoms with E-state index >= 15 is 0 Å². The van der Waals surface area contributed by atoms with Gasteiger partial charge in [0.1, 0.15) is 22.9 Å². The first-order valence-corrected chi connectivity index (χ1v) is 7.27. The number of carbonyl (C=O) groups excluding carboxylic acids is 1. The molecule has 0 aliphatic carbocycles. The molecular weight excluding hydrogens is 292 g/mol. The summed E-state index contributed by atoms with van der Waals surface area (Å²) in [5.74, 6) is -0.289. The summed E-state index contributed by atoms with van der Waals surface area (Å²) in [4.78, 5) is 23.3. The van der Waals surface area contributed by atoms with Crippen LogP contribution in [-0.4, -0.2) is 30.5 Å². The fourth-order valence-corrected chi connectivity index (χ4v) is 2.36. The molecule has 0 bridgehead atoms. The minimum absolute atomic E-state index is 0.0544. The van der Waals surface area contributed by atoms with Gasteiger partial charge in [0.25, 0.3) is 0 Å². The molecule has 1 N–H and O–H groups in total. The number of amides is 1. The molecule has 0 radical (unpaired) electrons. The molecule has 0 spiro atoms. The van der Waals surface area contributed by atoms with Crippen molar-refractivity contribution < 1.29 is 4.79 Å².